The average Bonchev–Trinajstić information content (AvgIpc) is 2.18. The summed E-state index contributed by atoms with van der Waals surface area (Å²) in [4.78, 5) is 13.3. The van der Waals surface area contributed by atoms with Gasteiger partial charge in [-0.05, 0) is 13.0 Å². The lowest BCUT2D eigenvalue weighted by Crippen LogP contribution is -2.35. The molecule has 14 heavy (non-hydrogen) atoms. The van der Waals surface area contributed by atoms with Crippen LogP contribution in [-0.4, -0.2) is 48.7 Å². The summed E-state index contributed by atoms with van der Waals surface area (Å²) in [6.07, 6.45) is 1.46. The van der Waals surface area contributed by atoms with Gasteiger partial charge in [0.25, 0.3) is 0 Å². The van der Waals surface area contributed by atoms with E-state index in [-0.39, 0.29) is 12.5 Å². The van der Waals surface area contributed by atoms with E-state index in [0.717, 1.165) is 26.1 Å². The maximum Gasteiger partial charge on any atom is 0.223 e. The first-order chi connectivity index (χ1) is 6.76. The van der Waals surface area contributed by atoms with E-state index in [1.807, 2.05) is 13.8 Å². The molecule has 0 bridgehead atoms. The molecular formula is C10H22N2O2. The number of aliphatic hydroxyl groups is 1. The Kier molecular flexibility index (Phi) is 8.57. The van der Waals surface area contributed by atoms with Gasteiger partial charge in [0.1, 0.15) is 0 Å². The fourth-order valence-corrected chi connectivity index (χ4v) is 1.28. The highest BCUT2D eigenvalue weighted by atomic mass is 16.3. The Balaban J connectivity index is 3.76. The van der Waals surface area contributed by atoms with Gasteiger partial charge in [0, 0.05) is 26.1 Å². The molecule has 0 spiro atoms. The van der Waals surface area contributed by atoms with Gasteiger partial charge in [-0.1, -0.05) is 13.8 Å². The summed E-state index contributed by atoms with van der Waals surface area (Å²) in [5.41, 5.74) is 0. The highest BCUT2D eigenvalue weighted by molar-refractivity contribution is 5.76. The largest absolute Gasteiger partial charge is 0.395 e. The lowest BCUT2D eigenvalue weighted by Gasteiger charge is -2.20. The molecule has 0 saturated carbocycles. The summed E-state index contributed by atoms with van der Waals surface area (Å²) in [7, 11) is 0. The Hall–Kier alpha value is -0.610. The van der Waals surface area contributed by atoms with Crippen LogP contribution in [0, 0.1) is 0 Å². The molecule has 4 heteroatoms. The second-order valence-corrected chi connectivity index (χ2v) is 3.21. The monoisotopic (exact) mass is 202 g/mol. The van der Waals surface area contributed by atoms with E-state index in [1.165, 1.54) is 0 Å². The van der Waals surface area contributed by atoms with Crippen molar-refractivity contribution in [3.8, 4) is 0 Å². The minimum absolute atomic E-state index is 0.0486. The van der Waals surface area contributed by atoms with Crippen molar-refractivity contribution in [2.75, 3.05) is 32.8 Å². The molecule has 0 aliphatic heterocycles. The maximum absolute atomic E-state index is 11.6. The van der Waals surface area contributed by atoms with E-state index in [1.54, 1.807) is 4.90 Å². The van der Waals surface area contributed by atoms with Crippen molar-refractivity contribution in [1.29, 1.82) is 0 Å². The number of amides is 1. The smallest absolute Gasteiger partial charge is 0.223 e. The summed E-state index contributed by atoms with van der Waals surface area (Å²) < 4.78 is 0. The molecule has 0 rings (SSSR count). The van der Waals surface area contributed by atoms with Crippen LogP contribution in [0.4, 0.5) is 0 Å². The molecule has 0 aliphatic rings. The molecule has 0 aromatic carbocycles. The Morgan fingerprint density at radius 2 is 2.07 bits per heavy atom. The number of hydrogen-bond acceptors (Lipinski definition) is 3. The SMILES string of the molecule is CCCN(CCO)C(=O)CCNCC. The topological polar surface area (TPSA) is 52.6 Å². The fraction of sp³-hybridized carbons (Fsp3) is 0.900. The Morgan fingerprint density at radius 1 is 1.36 bits per heavy atom. The van der Waals surface area contributed by atoms with E-state index < -0.39 is 0 Å². The van der Waals surface area contributed by atoms with E-state index in [9.17, 15) is 4.79 Å². The van der Waals surface area contributed by atoms with Crippen molar-refractivity contribution in [1.82, 2.24) is 10.2 Å². The average molecular weight is 202 g/mol. The van der Waals surface area contributed by atoms with E-state index in [0.29, 0.717) is 13.0 Å². The van der Waals surface area contributed by atoms with Gasteiger partial charge in [-0.2, -0.15) is 0 Å². The van der Waals surface area contributed by atoms with E-state index in [4.69, 9.17) is 5.11 Å². The molecular weight excluding hydrogens is 180 g/mol. The predicted molar refractivity (Wildman–Crippen MR) is 57.1 cm³/mol. The van der Waals surface area contributed by atoms with Gasteiger partial charge in [0.15, 0.2) is 0 Å². The van der Waals surface area contributed by atoms with Crippen LogP contribution in [0.1, 0.15) is 26.7 Å². The van der Waals surface area contributed by atoms with Gasteiger partial charge in [-0.25, -0.2) is 0 Å². The highest BCUT2D eigenvalue weighted by Crippen LogP contribution is 1.95. The third kappa shape index (κ3) is 5.94. The van der Waals surface area contributed by atoms with Crippen molar-refractivity contribution in [3.05, 3.63) is 0 Å². The standard InChI is InChI=1S/C10H22N2O2/c1-3-7-12(8-9-13)10(14)5-6-11-4-2/h11,13H,3-9H2,1-2H3. The van der Waals surface area contributed by atoms with Crippen LogP contribution in [-0.2, 0) is 4.79 Å². The zero-order valence-electron chi connectivity index (χ0n) is 9.25. The van der Waals surface area contributed by atoms with Crippen molar-refractivity contribution < 1.29 is 9.90 Å². The van der Waals surface area contributed by atoms with Gasteiger partial charge in [0.05, 0.1) is 6.61 Å². The van der Waals surface area contributed by atoms with Gasteiger partial charge >= 0.3 is 0 Å². The lowest BCUT2D eigenvalue weighted by atomic mass is 10.3. The van der Waals surface area contributed by atoms with Crippen LogP contribution < -0.4 is 5.32 Å². The van der Waals surface area contributed by atoms with Crippen LogP contribution in [0.3, 0.4) is 0 Å². The number of hydrogen-bond donors (Lipinski definition) is 2. The van der Waals surface area contributed by atoms with Crippen molar-refractivity contribution >= 4 is 5.91 Å². The highest BCUT2D eigenvalue weighted by Gasteiger charge is 2.10. The van der Waals surface area contributed by atoms with Crippen molar-refractivity contribution in [2.45, 2.75) is 26.7 Å². The molecule has 0 heterocycles. The van der Waals surface area contributed by atoms with Gasteiger partial charge in [-0.15, -0.1) is 0 Å². The molecule has 4 nitrogen and oxygen atoms in total. The lowest BCUT2D eigenvalue weighted by molar-refractivity contribution is -0.131. The molecule has 0 saturated heterocycles. The summed E-state index contributed by atoms with van der Waals surface area (Å²) in [5, 5.41) is 11.9. The normalized spacial score (nSPS) is 10.2. The Labute approximate surface area is 86.3 Å². The zero-order valence-corrected chi connectivity index (χ0v) is 9.25. The third-order valence-corrected chi connectivity index (χ3v) is 1.98. The molecule has 84 valence electrons. The van der Waals surface area contributed by atoms with Crippen LogP contribution in [0.15, 0.2) is 0 Å². The van der Waals surface area contributed by atoms with Gasteiger partial charge < -0.3 is 15.3 Å². The Morgan fingerprint density at radius 3 is 2.57 bits per heavy atom. The number of carbonyl (C=O) groups is 1. The van der Waals surface area contributed by atoms with E-state index in [2.05, 4.69) is 5.32 Å². The third-order valence-electron chi connectivity index (χ3n) is 1.98. The summed E-state index contributed by atoms with van der Waals surface area (Å²) >= 11 is 0. The fourth-order valence-electron chi connectivity index (χ4n) is 1.28. The second kappa shape index (κ2) is 8.97. The molecule has 1 amide bonds. The quantitative estimate of drug-likeness (QED) is 0.553. The number of nitrogens with one attached hydrogen (secondary N) is 1. The summed E-state index contributed by atoms with van der Waals surface area (Å²) in [6.45, 7) is 6.91. The van der Waals surface area contributed by atoms with Crippen LogP contribution in [0.5, 0.6) is 0 Å². The van der Waals surface area contributed by atoms with Gasteiger partial charge in [0.2, 0.25) is 5.91 Å². The number of rotatable bonds is 8. The van der Waals surface area contributed by atoms with Crippen molar-refractivity contribution in [2.24, 2.45) is 0 Å². The van der Waals surface area contributed by atoms with Gasteiger partial charge in [-0.3, -0.25) is 4.79 Å². The molecule has 0 aromatic rings. The minimum Gasteiger partial charge on any atom is -0.395 e. The molecule has 0 aliphatic carbocycles. The molecule has 0 unspecified atom stereocenters. The minimum atomic E-state index is 0.0486. The van der Waals surface area contributed by atoms with Crippen LogP contribution >= 0.6 is 0 Å². The van der Waals surface area contributed by atoms with Crippen LogP contribution in [0.25, 0.3) is 0 Å². The predicted octanol–water partition coefficient (Wildman–Crippen LogP) is 0.217. The molecule has 0 fully saturated rings. The second-order valence-electron chi connectivity index (χ2n) is 3.21. The number of nitrogens with zero attached hydrogens (tertiary/aromatic N) is 1. The summed E-state index contributed by atoms with van der Waals surface area (Å²) in [6, 6.07) is 0. The molecule has 0 radical (unpaired) electrons. The zero-order chi connectivity index (χ0) is 10.8. The summed E-state index contributed by atoms with van der Waals surface area (Å²) in [5.74, 6) is 0.127. The molecule has 0 atom stereocenters. The number of aliphatic hydroxyl groups excluding tert-OH is 1. The first-order valence-corrected chi connectivity index (χ1v) is 5.35. The molecule has 0 aromatic heterocycles. The first kappa shape index (κ1) is 13.4. The number of carbonyl (C=O) groups excluding carboxylic acids is 1. The van der Waals surface area contributed by atoms with E-state index >= 15 is 0 Å². The van der Waals surface area contributed by atoms with Crippen LogP contribution in [0.2, 0.25) is 0 Å². The Bertz CT molecular complexity index is 145. The molecule has 2 N–H and O–H groups in total. The maximum atomic E-state index is 11.6. The van der Waals surface area contributed by atoms with Crippen molar-refractivity contribution in [3.63, 3.8) is 0 Å². The first-order valence-electron chi connectivity index (χ1n) is 5.35.